The molecule has 2 amide bonds. The molecule has 0 heterocycles. The smallest absolute Gasteiger partial charge is 0.251 e. The quantitative estimate of drug-likeness (QED) is 0.737. The highest BCUT2D eigenvalue weighted by Gasteiger charge is 2.19. The summed E-state index contributed by atoms with van der Waals surface area (Å²) >= 11 is 6.09. The summed E-state index contributed by atoms with van der Waals surface area (Å²) in [4.78, 5) is 26.1. The minimum Gasteiger partial charge on any atom is -0.343 e. The molecule has 0 radical (unpaired) electrons. The number of nitrogens with one attached hydrogen (secondary N) is 1. The van der Waals surface area contributed by atoms with Crippen molar-refractivity contribution in [3.8, 4) is 0 Å². The van der Waals surface area contributed by atoms with Crippen molar-refractivity contribution in [1.82, 2.24) is 14.5 Å². The Morgan fingerprint density at radius 1 is 1.04 bits per heavy atom. The van der Waals surface area contributed by atoms with E-state index in [2.05, 4.69) is 5.32 Å². The summed E-state index contributed by atoms with van der Waals surface area (Å²) in [7, 11) is 0.787. The number of amides is 2. The molecule has 2 rings (SSSR count). The molecule has 2 aromatic carbocycles. The Hall–Kier alpha value is -2.42. The highest BCUT2D eigenvalue weighted by Crippen LogP contribution is 2.17. The number of nitrogens with zero attached hydrogens (tertiary/aromatic N) is 2. The Balaban J connectivity index is 2.00. The van der Waals surface area contributed by atoms with Crippen LogP contribution >= 0.6 is 11.6 Å². The Bertz CT molecular complexity index is 977. The van der Waals surface area contributed by atoms with Gasteiger partial charge >= 0.3 is 0 Å². The molecule has 0 fully saturated rings. The maximum absolute atomic E-state index is 12.3. The van der Waals surface area contributed by atoms with Crippen LogP contribution < -0.4 is 5.32 Å². The van der Waals surface area contributed by atoms with Gasteiger partial charge in [0.25, 0.3) is 5.91 Å². The summed E-state index contributed by atoms with van der Waals surface area (Å²) < 4.78 is 25.4. The largest absolute Gasteiger partial charge is 0.343 e. The lowest BCUT2D eigenvalue weighted by molar-refractivity contribution is -0.129. The number of rotatable bonds is 7. The molecule has 9 heteroatoms. The first kappa shape index (κ1) is 21.9. The maximum atomic E-state index is 12.3. The summed E-state index contributed by atoms with van der Waals surface area (Å²) in [5, 5.41) is 3.08. The van der Waals surface area contributed by atoms with Gasteiger partial charge in [0.2, 0.25) is 15.9 Å². The fourth-order valence-electron chi connectivity index (χ4n) is 2.37. The molecule has 28 heavy (non-hydrogen) atoms. The van der Waals surface area contributed by atoms with Crippen molar-refractivity contribution >= 4 is 33.4 Å². The van der Waals surface area contributed by atoms with Crippen LogP contribution in [0.3, 0.4) is 0 Å². The van der Waals surface area contributed by atoms with E-state index in [1.54, 1.807) is 19.2 Å². The van der Waals surface area contributed by atoms with E-state index in [1.807, 2.05) is 12.1 Å². The molecule has 0 aliphatic carbocycles. The van der Waals surface area contributed by atoms with Gasteiger partial charge in [-0.25, -0.2) is 12.7 Å². The van der Waals surface area contributed by atoms with Gasteiger partial charge in [-0.1, -0.05) is 35.9 Å². The van der Waals surface area contributed by atoms with Gasteiger partial charge in [-0.3, -0.25) is 9.59 Å². The summed E-state index contributed by atoms with van der Waals surface area (Å²) in [6, 6.07) is 12.9. The normalized spacial score (nSPS) is 11.3. The van der Waals surface area contributed by atoms with Gasteiger partial charge in [-0.05, 0) is 29.8 Å². The van der Waals surface area contributed by atoms with Crippen LogP contribution in [0.15, 0.2) is 53.4 Å². The predicted molar refractivity (Wildman–Crippen MR) is 108 cm³/mol. The maximum Gasteiger partial charge on any atom is 0.251 e. The number of hydrogen-bond donors (Lipinski definition) is 1. The van der Waals surface area contributed by atoms with E-state index in [0.717, 1.165) is 9.87 Å². The molecule has 0 saturated heterocycles. The van der Waals surface area contributed by atoms with Crippen LogP contribution in [-0.4, -0.2) is 57.1 Å². The van der Waals surface area contributed by atoms with Crippen LogP contribution in [0, 0.1) is 0 Å². The number of hydrogen-bond acceptors (Lipinski definition) is 4. The van der Waals surface area contributed by atoms with Gasteiger partial charge in [0, 0.05) is 38.3 Å². The second-order valence-corrected chi connectivity index (χ2v) is 8.90. The fraction of sp³-hybridized carbons (Fsp3) is 0.263. The molecule has 150 valence electrons. The molecule has 0 aliphatic rings. The van der Waals surface area contributed by atoms with Gasteiger partial charge < -0.3 is 10.2 Å². The average Bonchev–Trinajstić information content (AvgIpc) is 2.67. The van der Waals surface area contributed by atoms with Crippen LogP contribution in [0.5, 0.6) is 0 Å². The first-order chi connectivity index (χ1) is 13.1. The number of carbonyl (C=O) groups is 2. The highest BCUT2D eigenvalue weighted by molar-refractivity contribution is 7.89. The molecule has 0 aromatic heterocycles. The van der Waals surface area contributed by atoms with Crippen LogP contribution in [0.25, 0.3) is 0 Å². The highest BCUT2D eigenvalue weighted by atomic mass is 35.5. The molecule has 2 aromatic rings. The zero-order chi connectivity index (χ0) is 20.9. The predicted octanol–water partition coefficient (Wildman–Crippen LogP) is 1.98. The van der Waals surface area contributed by atoms with E-state index in [-0.39, 0.29) is 22.9 Å². The first-order valence-electron chi connectivity index (χ1n) is 8.41. The molecule has 0 atom stereocenters. The second-order valence-electron chi connectivity index (χ2n) is 6.34. The van der Waals surface area contributed by atoms with Crippen LogP contribution in [0.1, 0.15) is 15.9 Å². The third kappa shape index (κ3) is 5.31. The van der Waals surface area contributed by atoms with E-state index in [4.69, 9.17) is 11.6 Å². The molecule has 0 bridgehead atoms. The molecule has 0 aliphatic heterocycles. The topological polar surface area (TPSA) is 86.8 Å². The van der Waals surface area contributed by atoms with Crippen molar-refractivity contribution in [3.63, 3.8) is 0 Å². The third-order valence-corrected chi connectivity index (χ3v) is 6.25. The van der Waals surface area contributed by atoms with E-state index in [9.17, 15) is 18.0 Å². The number of benzene rings is 2. The van der Waals surface area contributed by atoms with Crippen molar-refractivity contribution in [2.75, 3.05) is 27.7 Å². The van der Waals surface area contributed by atoms with Crippen molar-refractivity contribution < 1.29 is 18.0 Å². The van der Waals surface area contributed by atoms with E-state index in [0.29, 0.717) is 11.6 Å². The van der Waals surface area contributed by atoms with Gasteiger partial charge in [0.1, 0.15) is 0 Å². The van der Waals surface area contributed by atoms with Gasteiger partial charge in [-0.2, -0.15) is 0 Å². The van der Waals surface area contributed by atoms with Crippen LogP contribution in [-0.2, 0) is 21.4 Å². The molecule has 1 N–H and O–H groups in total. The van der Waals surface area contributed by atoms with E-state index in [1.165, 1.54) is 43.3 Å². The van der Waals surface area contributed by atoms with Crippen molar-refractivity contribution in [3.05, 3.63) is 64.7 Å². The third-order valence-electron chi connectivity index (χ3n) is 4.07. The SMILES string of the molecule is CN(Cc1ccccc1Cl)C(=O)CNC(=O)c1cccc(S(=O)(=O)N(C)C)c1. The fourth-order valence-corrected chi connectivity index (χ4v) is 3.52. The van der Waals surface area contributed by atoms with Crippen molar-refractivity contribution in [2.45, 2.75) is 11.4 Å². The minimum absolute atomic E-state index is 0.00677. The van der Waals surface area contributed by atoms with Crippen molar-refractivity contribution in [2.24, 2.45) is 0 Å². The second kappa shape index (κ2) is 9.18. The molecular formula is C19H22ClN3O4S. The van der Waals surface area contributed by atoms with Crippen LogP contribution in [0.2, 0.25) is 5.02 Å². The Morgan fingerprint density at radius 2 is 1.71 bits per heavy atom. The Labute approximate surface area is 169 Å². The zero-order valence-electron chi connectivity index (χ0n) is 15.8. The standard InChI is InChI=1S/C19H22ClN3O4S/c1-22(2)28(26,27)16-9-6-8-14(11-16)19(25)21-12-18(24)23(3)13-15-7-4-5-10-17(15)20/h4-11H,12-13H2,1-3H3,(H,21,25). The zero-order valence-corrected chi connectivity index (χ0v) is 17.4. The minimum atomic E-state index is -3.65. The Morgan fingerprint density at radius 3 is 2.36 bits per heavy atom. The van der Waals surface area contributed by atoms with E-state index >= 15 is 0 Å². The van der Waals surface area contributed by atoms with Gasteiger partial charge in [-0.15, -0.1) is 0 Å². The lowest BCUT2D eigenvalue weighted by Gasteiger charge is -2.18. The van der Waals surface area contributed by atoms with Crippen LogP contribution in [0.4, 0.5) is 0 Å². The number of carbonyl (C=O) groups excluding carboxylic acids is 2. The lowest BCUT2D eigenvalue weighted by atomic mass is 10.2. The summed E-state index contributed by atoms with van der Waals surface area (Å²) in [5.41, 5.74) is 0.956. The van der Waals surface area contributed by atoms with Gasteiger partial charge in [0.05, 0.1) is 11.4 Å². The average molecular weight is 424 g/mol. The molecule has 0 unspecified atom stereocenters. The number of likely N-dealkylation sites (N-methyl/N-ethyl adjacent to an activating group) is 1. The molecule has 7 nitrogen and oxygen atoms in total. The molecular weight excluding hydrogens is 402 g/mol. The van der Waals surface area contributed by atoms with E-state index < -0.39 is 15.9 Å². The first-order valence-corrected chi connectivity index (χ1v) is 10.2. The monoisotopic (exact) mass is 423 g/mol. The van der Waals surface area contributed by atoms with Crippen molar-refractivity contribution in [1.29, 1.82) is 0 Å². The molecule has 0 saturated carbocycles. The summed E-state index contributed by atoms with van der Waals surface area (Å²) in [6.07, 6.45) is 0. The number of halogens is 1. The lowest BCUT2D eigenvalue weighted by Crippen LogP contribution is -2.37. The number of sulfonamides is 1. The Kier molecular flexibility index (Phi) is 7.17. The molecule has 0 spiro atoms. The summed E-state index contributed by atoms with van der Waals surface area (Å²) in [5.74, 6) is -0.833. The summed E-state index contributed by atoms with van der Waals surface area (Å²) in [6.45, 7) is 0.0926. The van der Waals surface area contributed by atoms with Gasteiger partial charge in [0.15, 0.2) is 0 Å².